The van der Waals surface area contributed by atoms with E-state index in [1.54, 1.807) is 0 Å². The molecule has 1 N–H and O–H groups in total. The molecule has 1 saturated heterocycles. The maximum absolute atomic E-state index is 11.4. The zero-order chi connectivity index (χ0) is 8.39. The fraction of sp³-hybridized carbons (Fsp3) is 0.889. The van der Waals surface area contributed by atoms with Crippen LogP contribution >= 0.6 is 12.4 Å². The SMILES string of the molecule is Cl.O=C(OC1CC1)C1CCNCC1. The fourth-order valence-electron chi connectivity index (χ4n) is 1.50. The molecule has 0 aromatic heterocycles. The summed E-state index contributed by atoms with van der Waals surface area (Å²) in [5, 5.41) is 3.23. The second-order valence-corrected chi connectivity index (χ2v) is 3.66. The first-order valence-corrected chi connectivity index (χ1v) is 4.77. The van der Waals surface area contributed by atoms with Crippen LogP contribution in [0.4, 0.5) is 0 Å². The maximum Gasteiger partial charge on any atom is 0.309 e. The summed E-state index contributed by atoms with van der Waals surface area (Å²) in [7, 11) is 0. The summed E-state index contributed by atoms with van der Waals surface area (Å²) in [4.78, 5) is 11.4. The third-order valence-corrected chi connectivity index (χ3v) is 2.48. The van der Waals surface area contributed by atoms with Crippen molar-refractivity contribution in [2.45, 2.75) is 31.8 Å². The Morgan fingerprint density at radius 1 is 1.15 bits per heavy atom. The van der Waals surface area contributed by atoms with E-state index in [2.05, 4.69) is 5.32 Å². The van der Waals surface area contributed by atoms with Crippen molar-refractivity contribution in [1.29, 1.82) is 0 Å². The molecule has 76 valence electrons. The monoisotopic (exact) mass is 205 g/mol. The van der Waals surface area contributed by atoms with Crippen molar-refractivity contribution in [3.05, 3.63) is 0 Å². The molecule has 1 heterocycles. The number of halogens is 1. The Bertz CT molecular complexity index is 176. The lowest BCUT2D eigenvalue weighted by atomic mass is 9.99. The molecule has 4 heteroatoms. The minimum Gasteiger partial charge on any atom is -0.462 e. The summed E-state index contributed by atoms with van der Waals surface area (Å²) in [6.07, 6.45) is 4.33. The van der Waals surface area contributed by atoms with Gasteiger partial charge in [0, 0.05) is 0 Å². The number of hydrogen-bond acceptors (Lipinski definition) is 3. The number of esters is 1. The van der Waals surface area contributed by atoms with Gasteiger partial charge in [-0.15, -0.1) is 12.4 Å². The predicted octanol–water partition coefficient (Wildman–Crippen LogP) is 1.11. The van der Waals surface area contributed by atoms with E-state index in [1.165, 1.54) is 0 Å². The van der Waals surface area contributed by atoms with E-state index < -0.39 is 0 Å². The van der Waals surface area contributed by atoms with E-state index in [4.69, 9.17) is 4.74 Å². The Morgan fingerprint density at radius 2 is 1.77 bits per heavy atom. The zero-order valence-electron chi connectivity index (χ0n) is 7.62. The van der Waals surface area contributed by atoms with Gasteiger partial charge < -0.3 is 10.1 Å². The molecule has 0 atom stereocenters. The molecule has 0 amide bonds. The van der Waals surface area contributed by atoms with E-state index in [9.17, 15) is 4.79 Å². The molecule has 3 nitrogen and oxygen atoms in total. The lowest BCUT2D eigenvalue weighted by Gasteiger charge is -2.20. The Balaban J connectivity index is 0.000000845. The number of ether oxygens (including phenoxy) is 1. The first kappa shape index (κ1) is 10.8. The van der Waals surface area contributed by atoms with Gasteiger partial charge in [0.05, 0.1) is 5.92 Å². The average Bonchev–Trinajstić information content (AvgIpc) is 2.90. The van der Waals surface area contributed by atoms with Crippen LogP contribution in [0.3, 0.4) is 0 Å². The van der Waals surface area contributed by atoms with Crippen LogP contribution in [0.1, 0.15) is 25.7 Å². The molecule has 1 aliphatic carbocycles. The lowest BCUT2D eigenvalue weighted by Crippen LogP contribution is -2.33. The molecule has 13 heavy (non-hydrogen) atoms. The highest BCUT2D eigenvalue weighted by atomic mass is 35.5. The van der Waals surface area contributed by atoms with E-state index in [0.29, 0.717) is 0 Å². The molecule has 0 spiro atoms. The smallest absolute Gasteiger partial charge is 0.309 e. The largest absolute Gasteiger partial charge is 0.462 e. The van der Waals surface area contributed by atoms with Gasteiger partial charge in [0.15, 0.2) is 0 Å². The second kappa shape index (κ2) is 4.82. The normalized spacial score (nSPS) is 23.4. The van der Waals surface area contributed by atoms with Gasteiger partial charge in [-0.05, 0) is 38.8 Å². The molecule has 0 radical (unpaired) electrons. The number of carbonyl (C=O) groups is 1. The minimum absolute atomic E-state index is 0. The first-order valence-electron chi connectivity index (χ1n) is 4.77. The molecular weight excluding hydrogens is 190 g/mol. The molecule has 2 aliphatic rings. The molecule has 0 aromatic rings. The van der Waals surface area contributed by atoms with Crippen LogP contribution in [0.5, 0.6) is 0 Å². The van der Waals surface area contributed by atoms with E-state index in [1.807, 2.05) is 0 Å². The van der Waals surface area contributed by atoms with Crippen LogP contribution < -0.4 is 5.32 Å². The van der Waals surface area contributed by atoms with Crippen LogP contribution in [0.15, 0.2) is 0 Å². The van der Waals surface area contributed by atoms with Gasteiger partial charge in [0.25, 0.3) is 0 Å². The zero-order valence-corrected chi connectivity index (χ0v) is 8.44. The molecule has 2 fully saturated rings. The quantitative estimate of drug-likeness (QED) is 0.687. The van der Waals surface area contributed by atoms with Gasteiger partial charge in [0.2, 0.25) is 0 Å². The summed E-state index contributed by atoms with van der Waals surface area (Å²) in [6.45, 7) is 1.93. The van der Waals surface area contributed by atoms with E-state index in [-0.39, 0.29) is 30.4 Å². The van der Waals surface area contributed by atoms with Crippen molar-refractivity contribution in [3.63, 3.8) is 0 Å². The van der Waals surface area contributed by atoms with Crippen LogP contribution in [0, 0.1) is 5.92 Å². The first-order chi connectivity index (χ1) is 5.86. The summed E-state index contributed by atoms with van der Waals surface area (Å²) in [6, 6.07) is 0. The molecule has 1 saturated carbocycles. The van der Waals surface area contributed by atoms with Gasteiger partial charge in [-0.25, -0.2) is 0 Å². The van der Waals surface area contributed by atoms with Crippen molar-refractivity contribution in [2.75, 3.05) is 13.1 Å². The molecule has 1 aliphatic heterocycles. The van der Waals surface area contributed by atoms with Crippen LogP contribution in [-0.2, 0) is 9.53 Å². The predicted molar refractivity (Wildman–Crippen MR) is 52.0 cm³/mol. The highest BCUT2D eigenvalue weighted by Crippen LogP contribution is 2.26. The van der Waals surface area contributed by atoms with Gasteiger partial charge >= 0.3 is 5.97 Å². The second-order valence-electron chi connectivity index (χ2n) is 3.66. The highest BCUT2D eigenvalue weighted by molar-refractivity contribution is 5.85. The standard InChI is InChI=1S/C9H15NO2.ClH/c11-9(12-8-1-2-8)7-3-5-10-6-4-7;/h7-8,10H,1-6H2;1H. The fourth-order valence-corrected chi connectivity index (χ4v) is 1.50. The molecular formula is C9H16ClNO2. The third kappa shape index (κ3) is 3.16. The number of nitrogens with one attached hydrogen (secondary N) is 1. The Labute approximate surface area is 84.6 Å². The summed E-state index contributed by atoms with van der Waals surface area (Å²) >= 11 is 0. The van der Waals surface area contributed by atoms with E-state index >= 15 is 0 Å². The Morgan fingerprint density at radius 3 is 2.31 bits per heavy atom. The molecule has 0 bridgehead atoms. The van der Waals surface area contributed by atoms with Crippen molar-refractivity contribution in [2.24, 2.45) is 5.92 Å². The van der Waals surface area contributed by atoms with Crippen molar-refractivity contribution < 1.29 is 9.53 Å². The Kier molecular flexibility index (Phi) is 4.00. The van der Waals surface area contributed by atoms with Crippen LogP contribution in [0.2, 0.25) is 0 Å². The van der Waals surface area contributed by atoms with Crippen LogP contribution in [0.25, 0.3) is 0 Å². The van der Waals surface area contributed by atoms with Crippen molar-refractivity contribution in [1.82, 2.24) is 5.32 Å². The van der Waals surface area contributed by atoms with Gasteiger partial charge in [-0.1, -0.05) is 0 Å². The summed E-state index contributed by atoms with van der Waals surface area (Å²) in [5.74, 6) is 0.214. The number of carbonyl (C=O) groups excluding carboxylic acids is 1. The van der Waals surface area contributed by atoms with Crippen molar-refractivity contribution >= 4 is 18.4 Å². The van der Waals surface area contributed by atoms with E-state index in [0.717, 1.165) is 38.8 Å². The average molecular weight is 206 g/mol. The molecule has 0 aromatic carbocycles. The Hall–Kier alpha value is -0.280. The molecule has 0 unspecified atom stereocenters. The third-order valence-electron chi connectivity index (χ3n) is 2.48. The van der Waals surface area contributed by atoms with Gasteiger partial charge in [-0.2, -0.15) is 0 Å². The summed E-state index contributed by atoms with van der Waals surface area (Å²) < 4.78 is 5.23. The topological polar surface area (TPSA) is 38.3 Å². The van der Waals surface area contributed by atoms with Gasteiger partial charge in [0.1, 0.15) is 6.10 Å². The van der Waals surface area contributed by atoms with Crippen molar-refractivity contribution in [3.8, 4) is 0 Å². The number of rotatable bonds is 2. The van der Waals surface area contributed by atoms with Crippen LogP contribution in [-0.4, -0.2) is 25.2 Å². The van der Waals surface area contributed by atoms with Gasteiger partial charge in [-0.3, -0.25) is 4.79 Å². The maximum atomic E-state index is 11.4. The number of piperidine rings is 1. The lowest BCUT2D eigenvalue weighted by molar-refractivity contribution is -0.150. The number of hydrogen-bond donors (Lipinski definition) is 1. The minimum atomic E-state index is 0. The molecule has 2 rings (SSSR count). The highest BCUT2D eigenvalue weighted by Gasteiger charge is 2.30. The summed E-state index contributed by atoms with van der Waals surface area (Å²) in [5.41, 5.74) is 0.